The molecule has 60 heavy (non-hydrogen) atoms. The van der Waals surface area contributed by atoms with Gasteiger partial charge in [0.1, 0.15) is 35.4 Å². The molecule has 0 aliphatic heterocycles. The number of aliphatic imine (C=N–C) groups is 3. The lowest BCUT2D eigenvalue weighted by Gasteiger charge is -2.28. The number of anilines is 1. The molecular formula is C38H62N14O8. The van der Waals surface area contributed by atoms with Crippen molar-refractivity contribution in [2.45, 2.75) is 110 Å². The van der Waals surface area contributed by atoms with E-state index in [1.165, 1.54) is 12.1 Å². The third-order valence-electron chi connectivity index (χ3n) is 8.58. The van der Waals surface area contributed by atoms with E-state index < -0.39 is 71.0 Å². The van der Waals surface area contributed by atoms with E-state index in [1.807, 2.05) is 0 Å². The first-order valence-electron chi connectivity index (χ1n) is 19.5. The summed E-state index contributed by atoms with van der Waals surface area (Å²) in [5.41, 5.74) is 32.6. The van der Waals surface area contributed by atoms with Crippen molar-refractivity contribution in [3.8, 4) is 0 Å². The van der Waals surface area contributed by atoms with Crippen LogP contribution in [0.25, 0.3) is 11.0 Å². The third-order valence-corrected chi connectivity index (χ3v) is 8.58. The first-order valence-corrected chi connectivity index (χ1v) is 19.5. The molecule has 0 fully saturated rings. The second-order valence-electron chi connectivity index (χ2n) is 15.3. The van der Waals surface area contributed by atoms with Gasteiger partial charge in [-0.25, -0.2) is 9.59 Å². The lowest BCUT2D eigenvalue weighted by atomic mass is 10.0. The van der Waals surface area contributed by atoms with Crippen LogP contribution < -0.4 is 66.6 Å². The number of alkyl carbamates (subject to hydrolysis) is 1. The molecule has 1 heterocycles. The number of ether oxygens (including phenoxy) is 1. The number of aryl methyl sites for hydroxylation is 1. The Labute approximate surface area is 348 Å². The van der Waals surface area contributed by atoms with Crippen LogP contribution in [0.1, 0.15) is 78.7 Å². The molecule has 2 rings (SSSR count). The van der Waals surface area contributed by atoms with Crippen molar-refractivity contribution in [3.63, 3.8) is 0 Å². The van der Waals surface area contributed by atoms with Crippen LogP contribution in [0.15, 0.2) is 48.5 Å². The van der Waals surface area contributed by atoms with Crippen molar-refractivity contribution in [1.29, 1.82) is 0 Å². The summed E-state index contributed by atoms with van der Waals surface area (Å²) in [5.74, 6) is -3.74. The number of hydrogen-bond donors (Lipinski definition) is 11. The number of nitrogens with zero attached hydrogens (tertiary/aromatic N) is 3. The van der Waals surface area contributed by atoms with Gasteiger partial charge in [0, 0.05) is 42.8 Å². The van der Waals surface area contributed by atoms with Gasteiger partial charge in [-0.15, -0.1) is 0 Å². The summed E-state index contributed by atoms with van der Waals surface area (Å²) >= 11 is 0. The summed E-state index contributed by atoms with van der Waals surface area (Å²) < 4.78 is 10.7. The fraction of sp³-hybridized carbons (Fsp3) is 0.553. The van der Waals surface area contributed by atoms with E-state index in [0.717, 1.165) is 0 Å². The predicted molar refractivity (Wildman–Crippen MR) is 229 cm³/mol. The molecule has 332 valence electrons. The Morgan fingerprint density at radius 1 is 0.683 bits per heavy atom. The minimum atomic E-state index is -1.24. The summed E-state index contributed by atoms with van der Waals surface area (Å²) in [6.07, 6.45) is 0.123. The van der Waals surface area contributed by atoms with Crippen molar-refractivity contribution in [2.24, 2.45) is 55.3 Å². The number of guanidine groups is 3. The molecule has 0 aliphatic rings. The second kappa shape index (κ2) is 23.7. The molecule has 0 unspecified atom stereocenters. The summed E-state index contributed by atoms with van der Waals surface area (Å²) in [7, 11) is 0. The smallest absolute Gasteiger partial charge is 0.408 e. The molecule has 0 aliphatic carbocycles. The Morgan fingerprint density at radius 2 is 1.15 bits per heavy atom. The van der Waals surface area contributed by atoms with Crippen LogP contribution in [0, 0.1) is 12.8 Å². The topological polar surface area (TPSA) is 378 Å². The standard InChI is InChI=1S/C38H62N14O8/c1-20(2)29(52-32(56)26(12-9-17-47-36(43)44)51-37(58)60-38(4,5)6)33(57)50-25(11-8-16-46-35(41)42)31(55)49-24(10-7-15-45-34(39)40)30(54)48-22-13-14-23-21(3)18-28(53)59-27(23)19-22/h13-14,18-20,24-26,29H,7-12,15-17H2,1-6H3,(H,48,54)(H,49,55)(H,50,57)(H,51,58)(H,52,56)(H4,39,40,45)(H4,41,42,46)(H4,43,44,47)/t24-,25-,26-,29-/m0/s1. The van der Waals surface area contributed by atoms with Gasteiger partial charge in [0.15, 0.2) is 17.9 Å². The molecule has 22 nitrogen and oxygen atoms in total. The van der Waals surface area contributed by atoms with Gasteiger partial charge in [0.25, 0.3) is 0 Å². The minimum absolute atomic E-state index is 0.0200. The van der Waals surface area contributed by atoms with Gasteiger partial charge >= 0.3 is 11.7 Å². The number of fused-ring (bicyclic) bond motifs is 1. The number of amides is 5. The number of hydrogen-bond acceptors (Lipinski definition) is 11. The van der Waals surface area contributed by atoms with E-state index >= 15 is 0 Å². The normalized spacial score (nSPS) is 13.1. The molecule has 1 aromatic heterocycles. The highest BCUT2D eigenvalue weighted by molar-refractivity contribution is 6.00. The zero-order valence-corrected chi connectivity index (χ0v) is 35.1. The first-order chi connectivity index (χ1) is 28.1. The molecule has 0 saturated carbocycles. The van der Waals surface area contributed by atoms with Crippen LogP contribution in [0.4, 0.5) is 10.5 Å². The van der Waals surface area contributed by atoms with Crippen LogP contribution in [-0.4, -0.2) is 97.0 Å². The van der Waals surface area contributed by atoms with Gasteiger partial charge in [-0.05, 0) is 89.8 Å². The number of benzene rings is 1. The predicted octanol–water partition coefficient (Wildman–Crippen LogP) is -0.796. The third kappa shape index (κ3) is 18.3. The number of rotatable bonds is 22. The summed E-state index contributed by atoms with van der Waals surface area (Å²) in [6.45, 7) is 10.5. The van der Waals surface area contributed by atoms with Crippen molar-refractivity contribution >= 4 is 64.3 Å². The summed E-state index contributed by atoms with van der Waals surface area (Å²) in [5, 5.41) is 14.1. The molecule has 2 aromatic rings. The Bertz CT molecular complexity index is 1940. The zero-order chi connectivity index (χ0) is 45.2. The Kier molecular flexibility index (Phi) is 19.6. The fourth-order valence-electron chi connectivity index (χ4n) is 5.72. The molecule has 0 spiro atoms. The minimum Gasteiger partial charge on any atom is -0.444 e. The van der Waals surface area contributed by atoms with E-state index in [0.29, 0.717) is 17.4 Å². The maximum Gasteiger partial charge on any atom is 0.408 e. The number of carbonyl (C=O) groups excluding carboxylic acids is 5. The molecule has 17 N–H and O–H groups in total. The van der Waals surface area contributed by atoms with Gasteiger partial charge in [-0.1, -0.05) is 13.8 Å². The SMILES string of the molecule is Cc1cc(=O)oc2cc(NC(=O)[C@H](CCCN=C(N)N)NC(=O)[C@H](CCCN=C(N)N)NC(=O)[C@@H](NC(=O)[C@H](CCCN=C(N)N)NC(=O)OC(C)(C)C)C(C)C)ccc12. The molecule has 0 saturated heterocycles. The van der Waals surface area contributed by atoms with Gasteiger partial charge < -0.3 is 70.1 Å². The van der Waals surface area contributed by atoms with Gasteiger partial charge in [0.2, 0.25) is 23.6 Å². The molecule has 0 bridgehead atoms. The molecule has 0 radical (unpaired) electrons. The quantitative estimate of drug-likeness (QED) is 0.0299. The zero-order valence-electron chi connectivity index (χ0n) is 35.1. The van der Waals surface area contributed by atoms with E-state index in [9.17, 15) is 28.8 Å². The Balaban J connectivity index is 2.38. The summed E-state index contributed by atoms with van der Waals surface area (Å²) in [4.78, 5) is 91.9. The monoisotopic (exact) mass is 842 g/mol. The van der Waals surface area contributed by atoms with E-state index in [2.05, 4.69) is 41.6 Å². The second-order valence-corrected chi connectivity index (χ2v) is 15.3. The van der Waals surface area contributed by atoms with Crippen LogP contribution in [0.2, 0.25) is 0 Å². The van der Waals surface area contributed by atoms with Crippen molar-refractivity contribution in [1.82, 2.24) is 21.3 Å². The average molecular weight is 843 g/mol. The Hall–Kier alpha value is -6.61. The summed E-state index contributed by atoms with van der Waals surface area (Å²) in [6, 6.07) is 1.40. The molecule has 5 amide bonds. The van der Waals surface area contributed by atoms with Crippen LogP contribution in [-0.2, 0) is 23.9 Å². The largest absolute Gasteiger partial charge is 0.444 e. The van der Waals surface area contributed by atoms with Crippen molar-refractivity contribution < 1.29 is 33.1 Å². The number of nitrogens with one attached hydrogen (secondary N) is 5. The molecule has 4 atom stereocenters. The number of carbonyl (C=O) groups is 5. The highest BCUT2D eigenvalue weighted by Gasteiger charge is 2.33. The maximum absolute atomic E-state index is 14.0. The van der Waals surface area contributed by atoms with E-state index in [-0.39, 0.29) is 80.9 Å². The van der Waals surface area contributed by atoms with Gasteiger partial charge in [0.05, 0.1) is 0 Å². The molecular weight excluding hydrogens is 781 g/mol. The van der Waals surface area contributed by atoms with Gasteiger partial charge in [-0.3, -0.25) is 34.2 Å². The van der Waals surface area contributed by atoms with Gasteiger partial charge in [-0.2, -0.15) is 0 Å². The van der Waals surface area contributed by atoms with Crippen LogP contribution in [0.3, 0.4) is 0 Å². The van der Waals surface area contributed by atoms with E-state index in [4.69, 9.17) is 43.6 Å². The Morgan fingerprint density at radius 3 is 1.63 bits per heavy atom. The van der Waals surface area contributed by atoms with E-state index in [1.54, 1.807) is 53.7 Å². The molecule has 1 aromatic carbocycles. The highest BCUT2D eigenvalue weighted by Crippen LogP contribution is 2.21. The fourth-order valence-corrected chi connectivity index (χ4v) is 5.72. The first kappa shape index (κ1) is 49.5. The van der Waals surface area contributed by atoms with Crippen molar-refractivity contribution in [2.75, 3.05) is 25.0 Å². The lowest BCUT2D eigenvalue weighted by Crippen LogP contribution is -2.59. The molecule has 22 heteroatoms. The number of nitrogens with two attached hydrogens (primary N) is 6. The lowest BCUT2D eigenvalue weighted by molar-refractivity contribution is -0.134. The maximum atomic E-state index is 14.0. The highest BCUT2D eigenvalue weighted by atomic mass is 16.6. The van der Waals surface area contributed by atoms with Crippen LogP contribution in [0.5, 0.6) is 0 Å². The van der Waals surface area contributed by atoms with Crippen molar-refractivity contribution in [3.05, 3.63) is 40.2 Å². The average Bonchev–Trinajstić information content (AvgIpc) is 3.12. The van der Waals surface area contributed by atoms with Crippen LogP contribution >= 0.6 is 0 Å².